The minimum absolute atomic E-state index is 0.0300. The molecular formula is C27H26N2O7SSe. The molecule has 0 aliphatic carbocycles. The topological polar surface area (TPSA) is 102 Å². The van der Waals surface area contributed by atoms with Gasteiger partial charge in [-0.25, -0.2) is 0 Å². The minimum atomic E-state index is -4.21. The predicted octanol–water partition coefficient (Wildman–Crippen LogP) is 2.47. The van der Waals surface area contributed by atoms with Gasteiger partial charge in [0.25, 0.3) is 0 Å². The zero-order valence-corrected chi connectivity index (χ0v) is 23.5. The Morgan fingerprint density at radius 2 is 1.55 bits per heavy atom. The van der Waals surface area contributed by atoms with Gasteiger partial charge in [-0.15, -0.1) is 0 Å². The van der Waals surface area contributed by atoms with Gasteiger partial charge in [0.2, 0.25) is 0 Å². The number of esters is 1. The first-order chi connectivity index (χ1) is 18.3. The van der Waals surface area contributed by atoms with Crippen LogP contribution in [-0.2, 0) is 28.6 Å². The number of nitrogens with zero attached hydrogens (tertiary/aromatic N) is 2. The first-order valence-electron chi connectivity index (χ1n) is 11.7. The van der Waals surface area contributed by atoms with Gasteiger partial charge in [0.05, 0.1) is 0 Å². The van der Waals surface area contributed by atoms with E-state index in [0.29, 0.717) is 11.4 Å². The van der Waals surface area contributed by atoms with Crippen LogP contribution in [0.1, 0.15) is 12.0 Å². The van der Waals surface area contributed by atoms with Crippen LogP contribution in [0.15, 0.2) is 83.8 Å². The van der Waals surface area contributed by atoms with Gasteiger partial charge in [-0.2, -0.15) is 0 Å². The second-order valence-electron chi connectivity index (χ2n) is 8.79. The quantitative estimate of drug-likeness (QED) is 0.316. The SMILES string of the molecule is COC(=O)[C@@H]1C[C@]2([Se]c3ccccc3)c3ccccc3N(S(=O)(=O)c3ccc(OC)cc3)[C@@H]2N1C(=O)OC. The number of anilines is 1. The van der Waals surface area contributed by atoms with Crippen LogP contribution in [0.4, 0.5) is 10.5 Å². The number of carbonyl (C=O) groups excluding carboxylic acids is 2. The van der Waals surface area contributed by atoms with Gasteiger partial charge in [0, 0.05) is 0 Å². The summed E-state index contributed by atoms with van der Waals surface area (Å²) in [7, 11) is -0.244. The summed E-state index contributed by atoms with van der Waals surface area (Å²) in [5.74, 6) is -0.123. The zero-order chi connectivity index (χ0) is 27.1. The van der Waals surface area contributed by atoms with Crippen molar-refractivity contribution >= 4 is 47.2 Å². The van der Waals surface area contributed by atoms with E-state index in [1.54, 1.807) is 24.3 Å². The second-order valence-corrected chi connectivity index (χ2v) is 13.6. The average Bonchev–Trinajstić information content (AvgIpc) is 3.42. The fraction of sp³-hybridized carbons (Fsp3) is 0.259. The molecule has 0 unspecified atom stereocenters. The molecule has 3 atom stereocenters. The molecule has 38 heavy (non-hydrogen) atoms. The molecular weight excluding hydrogens is 575 g/mol. The van der Waals surface area contributed by atoms with Crippen molar-refractivity contribution < 1.29 is 32.2 Å². The molecule has 0 radical (unpaired) electrons. The van der Waals surface area contributed by atoms with Gasteiger partial charge in [0.1, 0.15) is 0 Å². The van der Waals surface area contributed by atoms with E-state index in [2.05, 4.69) is 0 Å². The number of ether oxygens (including phenoxy) is 3. The number of fused-ring (bicyclic) bond motifs is 3. The summed E-state index contributed by atoms with van der Waals surface area (Å²) in [5, 5.41) is 0. The monoisotopic (exact) mass is 602 g/mol. The number of sulfonamides is 1. The number of amides is 1. The summed E-state index contributed by atoms with van der Waals surface area (Å²) in [4.78, 5) is 27.6. The van der Waals surface area contributed by atoms with Gasteiger partial charge in [-0.1, -0.05) is 0 Å². The third-order valence-corrected chi connectivity index (χ3v) is 11.7. The van der Waals surface area contributed by atoms with Crippen LogP contribution in [-0.4, -0.2) is 73.9 Å². The maximum absolute atomic E-state index is 14.3. The van der Waals surface area contributed by atoms with Crippen LogP contribution in [0.3, 0.4) is 0 Å². The van der Waals surface area contributed by atoms with E-state index in [1.807, 2.05) is 42.5 Å². The first kappa shape index (κ1) is 26.1. The molecule has 0 saturated carbocycles. The molecule has 3 aromatic rings. The molecule has 198 valence electrons. The Morgan fingerprint density at radius 3 is 2.18 bits per heavy atom. The number of hydrogen-bond donors (Lipinski definition) is 0. The number of hydrogen-bond acceptors (Lipinski definition) is 7. The zero-order valence-electron chi connectivity index (χ0n) is 20.9. The Labute approximate surface area is 227 Å². The summed E-state index contributed by atoms with van der Waals surface area (Å²) < 4.78 is 45.4. The van der Waals surface area contributed by atoms with Crippen molar-refractivity contribution in [2.24, 2.45) is 0 Å². The summed E-state index contributed by atoms with van der Waals surface area (Å²) in [6, 6.07) is 22.0. The molecule has 1 fully saturated rings. The van der Waals surface area contributed by atoms with Gasteiger partial charge in [-0.3, -0.25) is 0 Å². The standard InChI is InChI=1S/C27H26N2O7SSe/c1-34-18-13-15-19(16-14-18)37(32,33)29-22-12-8-7-11-21(22)27(38-20-9-5-4-6-10-20)17-23(24(30)35-2)28(25(27)29)26(31)36-3/h4-16,23,25H,17H2,1-3H3/t23-,25-,27-/m0/s1. The van der Waals surface area contributed by atoms with Crippen LogP contribution < -0.4 is 13.5 Å². The van der Waals surface area contributed by atoms with Gasteiger partial charge >= 0.3 is 228 Å². The van der Waals surface area contributed by atoms with Crippen LogP contribution >= 0.6 is 0 Å². The van der Waals surface area contributed by atoms with Gasteiger partial charge < -0.3 is 0 Å². The number of carbonyl (C=O) groups is 2. The van der Waals surface area contributed by atoms with Crippen LogP contribution in [0.2, 0.25) is 0 Å². The molecule has 3 aromatic carbocycles. The fourth-order valence-electron chi connectivity index (χ4n) is 5.23. The molecule has 1 saturated heterocycles. The van der Waals surface area contributed by atoms with E-state index in [9.17, 15) is 18.0 Å². The number of rotatable bonds is 6. The summed E-state index contributed by atoms with van der Waals surface area (Å²) in [5.41, 5.74) is 1.22. The van der Waals surface area contributed by atoms with Crippen molar-refractivity contribution in [1.82, 2.24) is 4.90 Å². The molecule has 2 aliphatic heterocycles. The van der Waals surface area contributed by atoms with Crippen LogP contribution in [0.5, 0.6) is 5.75 Å². The number of likely N-dealkylation sites (tertiary alicyclic amines) is 1. The summed E-state index contributed by atoms with van der Waals surface area (Å²) in [6.45, 7) is 0. The number of methoxy groups -OCH3 is 3. The predicted molar refractivity (Wildman–Crippen MR) is 141 cm³/mol. The normalized spacial score (nSPS) is 22.0. The van der Waals surface area contributed by atoms with Crippen molar-refractivity contribution in [3.63, 3.8) is 0 Å². The molecule has 0 N–H and O–H groups in total. The third kappa shape index (κ3) is 4.02. The van der Waals surface area contributed by atoms with E-state index in [-0.39, 0.29) is 11.3 Å². The summed E-state index contributed by atoms with van der Waals surface area (Å²) in [6.07, 6.45) is -1.68. The molecule has 5 rings (SSSR count). The Balaban J connectivity index is 1.77. The summed E-state index contributed by atoms with van der Waals surface area (Å²) >= 11 is -0.395. The number of para-hydroxylation sites is 1. The van der Waals surface area contributed by atoms with Crippen molar-refractivity contribution in [2.45, 2.75) is 27.8 Å². The molecule has 0 spiro atoms. The third-order valence-electron chi connectivity index (χ3n) is 6.85. The van der Waals surface area contributed by atoms with Gasteiger partial charge in [0.15, 0.2) is 0 Å². The van der Waals surface area contributed by atoms with E-state index in [1.165, 1.54) is 42.7 Å². The average molecular weight is 602 g/mol. The van der Waals surface area contributed by atoms with E-state index in [4.69, 9.17) is 14.2 Å². The van der Waals surface area contributed by atoms with Crippen LogP contribution in [0.25, 0.3) is 0 Å². The van der Waals surface area contributed by atoms with Crippen molar-refractivity contribution in [3.8, 4) is 5.75 Å². The van der Waals surface area contributed by atoms with Crippen LogP contribution in [0, 0.1) is 0 Å². The molecule has 1 amide bonds. The first-order valence-corrected chi connectivity index (χ1v) is 14.9. The maximum atomic E-state index is 14.3. The Hall–Kier alpha value is -3.53. The van der Waals surface area contributed by atoms with Crippen molar-refractivity contribution in [1.29, 1.82) is 0 Å². The van der Waals surface area contributed by atoms with Gasteiger partial charge in [-0.05, 0) is 0 Å². The molecule has 11 heteroatoms. The molecule has 2 aliphatic rings. The molecule has 0 bridgehead atoms. The molecule has 2 heterocycles. The Bertz CT molecular complexity index is 1470. The molecule has 0 aromatic heterocycles. The van der Waals surface area contributed by atoms with E-state index in [0.717, 1.165) is 10.0 Å². The van der Waals surface area contributed by atoms with E-state index >= 15 is 0 Å². The number of benzene rings is 3. The van der Waals surface area contributed by atoms with Crippen molar-refractivity contribution in [2.75, 3.05) is 25.6 Å². The molecule has 9 nitrogen and oxygen atoms in total. The van der Waals surface area contributed by atoms with E-state index < -0.39 is 53.6 Å². The Morgan fingerprint density at radius 1 is 0.895 bits per heavy atom. The second kappa shape index (κ2) is 9.98. The fourth-order valence-corrected chi connectivity index (χ4v) is 10.3. The van der Waals surface area contributed by atoms with Crippen molar-refractivity contribution in [3.05, 3.63) is 84.4 Å². The Kier molecular flexibility index (Phi) is 6.85.